The van der Waals surface area contributed by atoms with E-state index >= 15 is 0 Å². The second-order valence-electron chi connectivity index (χ2n) is 19.3. The molecule has 1 fully saturated rings. The lowest BCUT2D eigenvalue weighted by molar-refractivity contribution is -0.294. The number of ether oxygens (including phenoxy) is 7. The molecule has 0 spiro atoms. The van der Waals surface area contributed by atoms with Crippen LogP contribution in [-0.2, 0) is 58.9 Å². The third kappa shape index (κ3) is 13.5. The van der Waals surface area contributed by atoms with Gasteiger partial charge in [0.15, 0.2) is 12.2 Å². The zero-order valence-corrected chi connectivity index (χ0v) is 39.6. The summed E-state index contributed by atoms with van der Waals surface area (Å²) in [4.78, 5) is 68.1. The largest absolute Gasteiger partial charge is 0.463 e. The second kappa shape index (κ2) is 19.4. The number of hydrogen-bond donors (Lipinski definition) is 0. The molecule has 1 aliphatic heterocycles. The molecule has 4 rings (SSSR count). The van der Waals surface area contributed by atoms with Crippen LogP contribution in [-0.4, -0.2) is 83.5 Å². The standard InChI is InChI=1S/C48H63BrN2O12/c1-44(2,3)39(52)57-26-25-51-31-18-16-17-29(22-19-28-20-23-30(49)24-21-28)33(31)37(50-51)63-38-36(62-43(56)48(13,14)15)35(61-42(55)47(10,11)12)34(60-41(54)46(7,8)9)32(59-38)27-58-40(53)45(4,5)6/h16-18,20-21,23-24,32,34-36,38H,25-27H2,1-15H3/t32-,34-,35+,36-,38?/m1/s1/i4D,7D,10D,13D. The number of aromatic nitrogens is 2. The summed E-state index contributed by atoms with van der Waals surface area (Å²) in [6.45, 7) is 14.6. The molecule has 1 saturated heterocycles. The number of halogens is 1. The van der Waals surface area contributed by atoms with E-state index in [0.29, 0.717) is 22.0 Å². The van der Waals surface area contributed by atoms with Crippen LogP contribution in [0.3, 0.4) is 0 Å². The van der Waals surface area contributed by atoms with E-state index in [1.54, 1.807) is 39.0 Å². The maximum atomic E-state index is 14.1. The molecule has 5 atom stereocenters. The Hall–Kier alpha value is -4.94. The third-order valence-corrected chi connectivity index (χ3v) is 9.75. The van der Waals surface area contributed by atoms with Crippen molar-refractivity contribution in [3.8, 4) is 17.7 Å². The molecule has 15 heteroatoms. The van der Waals surface area contributed by atoms with Gasteiger partial charge in [0.2, 0.25) is 18.3 Å². The van der Waals surface area contributed by atoms with Crippen molar-refractivity contribution in [3.05, 3.63) is 58.1 Å². The fourth-order valence-electron chi connectivity index (χ4n) is 5.49. The van der Waals surface area contributed by atoms with Crippen molar-refractivity contribution >= 4 is 56.7 Å². The van der Waals surface area contributed by atoms with E-state index in [1.165, 1.54) is 60.1 Å². The number of rotatable bonds is 10. The summed E-state index contributed by atoms with van der Waals surface area (Å²) in [5.41, 5.74) is -4.78. The SMILES string of the molecule is [2H]CC(C)(C)C(=O)OC[C@H]1OC(Oc2nn(CCOC(=O)C(C)(C)C)c3cccc(C#Cc4ccc(Br)cc4)c23)[C@H](OC(=O)C(C)(C)C[2H])[C@@H](OC(=O)C(C)(C)C[2H])[C@@H]1OC(=O)C(C)(C)C[2H]. The molecule has 1 aliphatic rings. The van der Waals surface area contributed by atoms with Crippen LogP contribution < -0.4 is 4.74 Å². The highest BCUT2D eigenvalue weighted by Crippen LogP contribution is 2.37. The third-order valence-electron chi connectivity index (χ3n) is 9.22. The van der Waals surface area contributed by atoms with Gasteiger partial charge in [-0.25, -0.2) is 0 Å². The Labute approximate surface area is 385 Å². The van der Waals surface area contributed by atoms with E-state index in [-0.39, 0.29) is 25.9 Å². The van der Waals surface area contributed by atoms with E-state index in [9.17, 15) is 24.0 Å². The molecule has 63 heavy (non-hydrogen) atoms. The summed E-state index contributed by atoms with van der Waals surface area (Å²) in [5.74, 6) is 2.13. The van der Waals surface area contributed by atoms with Crippen LogP contribution in [0.1, 0.15) is 120 Å². The average Bonchev–Trinajstić information content (AvgIpc) is 3.63. The Morgan fingerprint density at radius 1 is 0.683 bits per heavy atom. The topological polar surface area (TPSA) is 168 Å². The molecule has 2 heterocycles. The molecule has 0 aliphatic carbocycles. The lowest BCUT2D eigenvalue weighted by Crippen LogP contribution is -2.65. The van der Waals surface area contributed by atoms with Crippen LogP contribution in [0.4, 0.5) is 0 Å². The number of benzene rings is 2. The smallest absolute Gasteiger partial charge is 0.311 e. The zero-order valence-electron chi connectivity index (χ0n) is 42.0. The minimum absolute atomic E-state index is 0.0452. The molecule has 0 amide bonds. The van der Waals surface area contributed by atoms with Gasteiger partial charge >= 0.3 is 29.8 Å². The summed E-state index contributed by atoms with van der Waals surface area (Å²) >= 11 is 3.44. The quantitative estimate of drug-likeness (QED) is 0.108. The molecular formula is C48H63BrN2O12. The molecule has 1 unspecified atom stereocenters. The van der Waals surface area contributed by atoms with Crippen molar-refractivity contribution in [2.45, 2.75) is 141 Å². The van der Waals surface area contributed by atoms with Gasteiger partial charge in [-0.1, -0.05) is 33.8 Å². The van der Waals surface area contributed by atoms with Crippen molar-refractivity contribution in [2.75, 3.05) is 13.2 Å². The van der Waals surface area contributed by atoms with Crippen molar-refractivity contribution in [1.82, 2.24) is 9.78 Å². The number of carbonyl (C=O) groups is 5. The first-order valence-electron chi connectivity index (χ1n) is 23.2. The summed E-state index contributed by atoms with van der Waals surface area (Å²) in [6.07, 6.45) is -8.62. The van der Waals surface area contributed by atoms with Crippen molar-refractivity contribution in [3.63, 3.8) is 0 Å². The van der Waals surface area contributed by atoms with E-state index in [0.717, 1.165) is 4.47 Å². The maximum absolute atomic E-state index is 14.1. The zero-order chi connectivity index (χ0) is 50.3. The first kappa shape index (κ1) is 44.7. The molecule has 344 valence electrons. The number of carbonyl (C=O) groups excluding carboxylic acids is 5. The predicted molar refractivity (Wildman–Crippen MR) is 238 cm³/mol. The first-order chi connectivity index (χ1) is 31.1. The Morgan fingerprint density at radius 2 is 1.21 bits per heavy atom. The summed E-state index contributed by atoms with van der Waals surface area (Å²) in [5, 5.41) is 5.13. The Morgan fingerprint density at radius 3 is 1.76 bits per heavy atom. The molecule has 3 aromatic rings. The Balaban J connectivity index is 2.00. The van der Waals surface area contributed by atoms with Gasteiger partial charge in [0.25, 0.3) is 0 Å². The Bertz CT molecular complexity index is 2330. The average molecular weight is 944 g/mol. The summed E-state index contributed by atoms with van der Waals surface area (Å²) < 4.78 is 77.4. The van der Waals surface area contributed by atoms with Gasteiger partial charge in [0.1, 0.15) is 19.3 Å². The van der Waals surface area contributed by atoms with Gasteiger partial charge in [0.05, 0.1) is 44.5 Å². The fourth-order valence-corrected chi connectivity index (χ4v) is 5.75. The molecule has 1 aromatic heterocycles. The highest BCUT2D eigenvalue weighted by atomic mass is 79.9. The van der Waals surface area contributed by atoms with Crippen molar-refractivity contribution in [1.29, 1.82) is 0 Å². The molecule has 0 N–H and O–H groups in total. The van der Waals surface area contributed by atoms with Crippen LogP contribution in [0, 0.1) is 38.9 Å². The van der Waals surface area contributed by atoms with Crippen LogP contribution in [0.25, 0.3) is 10.9 Å². The van der Waals surface area contributed by atoms with Crippen LogP contribution in [0.15, 0.2) is 46.9 Å². The minimum Gasteiger partial charge on any atom is -0.463 e. The van der Waals surface area contributed by atoms with Crippen LogP contribution >= 0.6 is 15.9 Å². The molecule has 2 aromatic carbocycles. The van der Waals surface area contributed by atoms with Gasteiger partial charge in [-0.05, 0) is 140 Å². The van der Waals surface area contributed by atoms with Crippen LogP contribution in [0.5, 0.6) is 5.88 Å². The van der Waals surface area contributed by atoms with Crippen molar-refractivity contribution in [2.24, 2.45) is 27.1 Å². The van der Waals surface area contributed by atoms with Gasteiger partial charge in [0, 0.05) is 21.1 Å². The molecule has 0 saturated carbocycles. The van der Waals surface area contributed by atoms with E-state index in [4.69, 9.17) is 43.7 Å². The van der Waals surface area contributed by atoms with Gasteiger partial charge in [-0.2, -0.15) is 0 Å². The molecule has 14 nitrogen and oxygen atoms in total. The predicted octanol–water partition coefficient (Wildman–Crippen LogP) is 8.35. The lowest BCUT2D eigenvalue weighted by Gasteiger charge is -2.45. The molecule has 0 bridgehead atoms. The highest BCUT2D eigenvalue weighted by Gasteiger charge is 2.56. The lowest BCUT2D eigenvalue weighted by atomic mass is 9.93. The monoisotopic (exact) mass is 942 g/mol. The second-order valence-corrected chi connectivity index (χ2v) is 20.2. The minimum atomic E-state index is -1.80. The normalized spacial score (nSPS) is 20.4. The maximum Gasteiger partial charge on any atom is 0.311 e. The van der Waals surface area contributed by atoms with Gasteiger partial charge in [-0.3, -0.25) is 28.7 Å². The number of fused-ring (bicyclic) bond motifs is 1. The molecular weight excluding hydrogens is 876 g/mol. The summed E-state index contributed by atoms with van der Waals surface area (Å²) in [7, 11) is 0. The van der Waals surface area contributed by atoms with Gasteiger partial charge in [-0.15, -0.1) is 5.10 Å². The van der Waals surface area contributed by atoms with Crippen molar-refractivity contribution < 1.29 is 62.6 Å². The molecule has 0 radical (unpaired) electrons. The summed E-state index contributed by atoms with van der Waals surface area (Å²) in [6, 6.07) is 12.6. The van der Waals surface area contributed by atoms with E-state index in [2.05, 4.69) is 27.8 Å². The number of hydrogen-bond acceptors (Lipinski definition) is 13. The highest BCUT2D eigenvalue weighted by molar-refractivity contribution is 9.10. The number of esters is 5. The van der Waals surface area contributed by atoms with E-state index in [1.807, 2.05) is 24.3 Å². The Kier molecular flexibility index (Phi) is 13.8. The van der Waals surface area contributed by atoms with E-state index < -0.39 is 115 Å². The first-order valence-corrected chi connectivity index (χ1v) is 21.2. The number of nitrogens with zero attached hydrogens (tertiary/aromatic N) is 2. The fraction of sp³-hybridized carbons (Fsp3) is 0.583. The van der Waals surface area contributed by atoms with Gasteiger partial charge < -0.3 is 33.2 Å². The van der Waals surface area contributed by atoms with Crippen LogP contribution in [0.2, 0.25) is 0 Å².